The molecule has 1 fully saturated rings. The Hall–Kier alpha value is -2.15. The number of fused-ring (bicyclic) bond motifs is 1. The van der Waals surface area contributed by atoms with E-state index in [1.165, 1.54) is 22.8 Å². The van der Waals surface area contributed by atoms with E-state index in [0.29, 0.717) is 13.1 Å². The van der Waals surface area contributed by atoms with Gasteiger partial charge in [-0.3, -0.25) is 0 Å². The Kier molecular flexibility index (Phi) is 5.76. The predicted molar refractivity (Wildman–Crippen MR) is 118 cm³/mol. The molecule has 1 aromatic heterocycles. The summed E-state index contributed by atoms with van der Waals surface area (Å²) in [6.45, 7) is 9.10. The third-order valence-corrected chi connectivity index (χ3v) is 6.08. The summed E-state index contributed by atoms with van der Waals surface area (Å²) < 4.78 is 15.9. The van der Waals surface area contributed by atoms with E-state index in [4.69, 9.17) is 22.3 Å². The number of imidazole rings is 1. The zero-order chi connectivity index (χ0) is 20.5. The van der Waals surface area contributed by atoms with Gasteiger partial charge in [0.15, 0.2) is 0 Å². The van der Waals surface area contributed by atoms with Crippen molar-refractivity contribution in [3.05, 3.63) is 57.4 Å². The third-order valence-electron chi connectivity index (χ3n) is 5.79. The first-order valence-corrected chi connectivity index (χ1v) is 10.5. The van der Waals surface area contributed by atoms with Gasteiger partial charge in [0.1, 0.15) is 5.82 Å². The zero-order valence-corrected chi connectivity index (χ0v) is 17.7. The molecule has 1 aliphatic rings. The Morgan fingerprint density at radius 2 is 1.97 bits per heavy atom. The van der Waals surface area contributed by atoms with Gasteiger partial charge in [-0.05, 0) is 67.3 Å². The molecule has 5 nitrogen and oxygen atoms in total. The maximum atomic E-state index is 13.7. The van der Waals surface area contributed by atoms with Crippen LogP contribution < -0.4 is 16.0 Å². The Bertz CT molecular complexity index is 1040. The molecule has 1 aliphatic heterocycles. The fraction of sp³-hybridized carbons (Fsp3) is 0.409. The average Bonchev–Trinajstić information content (AvgIpc) is 3.07. The first-order chi connectivity index (χ1) is 14.0. The van der Waals surface area contributed by atoms with Crippen molar-refractivity contribution in [2.75, 3.05) is 37.6 Å². The molecule has 0 bridgehead atoms. The number of aromatic nitrogens is 2. The van der Waals surface area contributed by atoms with Gasteiger partial charge in [0.25, 0.3) is 0 Å². The smallest absolute Gasteiger partial charge is 0.206 e. The van der Waals surface area contributed by atoms with Gasteiger partial charge in [0.2, 0.25) is 5.95 Å². The number of piperazine rings is 1. The van der Waals surface area contributed by atoms with Crippen molar-refractivity contribution in [1.29, 1.82) is 0 Å². The van der Waals surface area contributed by atoms with Crippen molar-refractivity contribution in [2.45, 2.75) is 26.8 Å². The topological polar surface area (TPSA) is 59.1 Å². The molecule has 4 rings (SSSR count). The van der Waals surface area contributed by atoms with E-state index in [1.54, 1.807) is 12.1 Å². The molecule has 7 heteroatoms. The molecule has 0 spiro atoms. The van der Waals surface area contributed by atoms with Crippen LogP contribution in [0.3, 0.4) is 0 Å². The third kappa shape index (κ3) is 3.84. The normalized spacial score (nSPS) is 14.7. The van der Waals surface area contributed by atoms with E-state index in [-0.39, 0.29) is 5.02 Å². The van der Waals surface area contributed by atoms with Crippen LogP contribution in [-0.4, -0.2) is 42.3 Å². The number of rotatable bonds is 5. The van der Waals surface area contributed by atoms with Crippen molar-refractivity contribution in [1.82, 2.24) is 14.9 Å². The van der Waals surface area contributed by atoms with Crippen LogP contribution in [0.4, 0.5) is 10.3 Å². The van der Waals surface area contributed by atoms with Crippen molar-refractivity contribution < 1.29 is 4.39 Å². The standard InChI is InChI=1S/C22H27ClFN5/c1-14-11-20-21(17(5-6-25)15(14)2)27-22(28-9-7-26-8-10-28)29(20)13-16-3-4-19(24)18(23)12-16/h3-4,11-12,26H,5-10,13,25H2,1-2H3. The van der Waals surface area contributed by atoms with E-state index < -0.39 is 5.82 Å². The van der Waals surface area contributed by atoms with Gasteiger partial charge in [-0.2, -0.15) is 0 Å². The number of nitrogens with zero attached hydrogens (tertiary/aromatic N) is 3. The molecule has 2 aromatic carbocycles. The van der Waals surface area contributed by atoms with Gasteiger partial charge in [0.05, 0.1) is 22.6 Å². The lowest BCUT2D eigenvalue weighted by Crippen LogP contribution is -2.44. The molecule has 0 unspecified atom stereocenters. The van der Waals surface area contributed by atoms with E-state index >= 15 is 0 Å². The van der Waals surface area contributed by atoms with Crippen LogP contribution in [0.2, 0.25) is 5.02 Å². The van der Waals surface area contributed by atoms with Crippen LogP contribution in [0.15, 0.2) is 24.3 Å². The summed E-state index contributed by atoms with van der Waals surface area (Å²) in [7, 11) is 0. The molecule has 1 saturated heterocycles. The summed E-state index contributed by atoms with van der Waals surface area (Å²) >= 11 is 6.04. The van der Waals surface area contributed by atoms with Gasteiger partial charge in [0, 0.05) is 26.2 Å². The zero-order valence-electron chi connectivity index (χ0n) is 16.9. The molecular formula is C22H27ClFN5. The minimum absolute atomic E-state index is 0.145. The van der Waals surface area contributed by atoms with Gasteiger partial charge in [-0.15, -0.1) is 0 Å². The van der Waals surface area contributed by atoms with Gasteiger partial charge >= 0.3 is 0 Å². The number of nitrogens with two attached hydrogens (primary N) is 1. The minimum atomic E-state index is -0.398. The second-order valence-corrected chi connectivity index (χ2v) is 8.09. The molecule has 0 aliphatic carbocycles. The molecule has 29 heavy (non-hydrogen) atoms. The fourth-order valence-electron chi connectivity index (χ4n) is 4.08. The molecule has 0 radical (unpaired) electrons. The quantitative estimate of drug-likeness (QED) is 0.670. The Balaban J connectivity index is 1.89. The first-order valence-electron chi connectivity index (χ1n) is 10.1. The molecular weight excluding hydrogens is 389 g/mol. The number of halogens is 2. The number of benzene rings is 2. The summed E-state index contributed by atoms with van der Waals surface area (Å²) in [4.78, 5) is 7.41. The van der Waals surface area contributed by atoms with E-state index in [1.807, 2.05) is 0 Å². The summed E-state index contributed by atoms with van der Waals surface area (Å²) in [5.41, 5.74) is 12.7. The van der Waals surface area contributed by atoms with Gasteiger partial charge in [-0.1, -0.05) is 17.7 Å². The average molecular weight is 416 g/mol. The summed E-state index contributed by atoms with van der Waals surface area (Å²) in [5, 5.41) is 3.54. The summed E-state index contributed by atoms with van der Waals surface area (Å²) in [6.07, 6.45) is 0.796. The van der Waals surface area contributed by atoms with Crippen LogP contribution in [0.25, 0.3) is 11.0 Å². The largest absolute Gasteiger partial charge is 0.340 e. The minimum Gasteiger partial charge on any atom is -0.340 e. The molecule has 154 valence electrons. The van der Waals surface area contributed by atoms with Crippen LogP contribution >= 0.6 is 11.6 Å². The molecule has 0 saturated carbocycles. The highest BCUT2D eigenvalue weighted by atomic mass is 35.5. The number of hydrogen-bond acceptors (Lipinski definition) is 4. The first kappa shape index (κ1) is 20.1. The van der Waals surface area contributed by atoms with Crippen LogP contribution in [-0.2, 0) is 13.0 Å². The van der Waals surface area contributed by atoms with Crippen LogP contribution in [0.5, 0.6) is 0 Å². The van der Waals surface area contributed by atoms with Crippen molar-refractivity contribution >= 4 is 28.6 Å². The second kappa shape index (κ2) is 8.30. The maximum absolute atomic E-state index is 13.7. The highest BCUT2D eigenvalue weighted by Crippen LogP contribution is 2.31. The fourth-order valence-corrected chi connectivity index (χ4v) is 4.29. The lowest BCUT2D eigenvalue weighted by molar-refractivity contribution is 0.571. The van der Waals surface area contributed by atoms with Crippen molar-refractivity contribution in [2.24, 2.45) is 5.73 Å². The van der Waals surface area contributed by atoms with E-state index in [2.05, 4.69) is 34.7 Å². The summed E-state index contributed by atoms with van der Waals surface area (Å²) in [6, 6.07) is 7.12. The number of anilines is 1. The van der Waals surface area contributed by atoms with E-state index in [9.17, 15) is 4.39 Å². The predicted octanol–water partition coefficient (Wildman–Crippen LogP) is 3.40. The SMILES string of the molecule is Cc1cc2c(nc(N3CCNCC3)n2Cc2ccc(F)c(Cl)c2)c(CCN)c1C. The van der Waals surface area contributed by atoms with Gasteiger partial charge < -0.3 is 20.5 Å². The summed E-state index contributed by atoms with van der Waals surface area (Å²) in [5.74, 6) is 0.551. The van der Waals surface area contributed by atoms with Gasteiger partial charge in [-0.25, -0.2) is 9.37 Å². The number of aryl methyl sites for hydroxylation is 1. The van der Waals surface area contributed by atoms with Crippen molar-refractivity contribution in [3.63, 3.8) is 0 Å². The molecule has 3 N–H and O–H groups in total. The Labute approximate surface area is 175 Å². The number of nitrogens with one attached hydrogen (secondary N) is 1. The molecule has 3 aromatic rings. The van der Waals surface area contributed by atoms with Crippen molar-refractivity contribution in [3.8, 4) is 0 Å². The van der Waals surface area contributed by atoms with E-state index in [0.717, 1.165) is 55.1 Å². The lowest BCUT2D eigenvalue weighted by atomic mass is 9.99. The molecule has 0 amide bonds. The maximum Gasteiger partial charge on any atom is 0.206 e. The number of hydrogen-bond donors (Lipinski definition) is 2. The molecule has 2 heterocycles. The van der Waals surface area contributed by atoms with Crippen LogP contribution in [0, 0.1) is 19.7 Å². The van der Waals surface area contributed by atoms with Crippen LogP contribution in [0.1, 0.15) is 22.3 Å². The highest BCUT2D eigenvalue weighted by molar-refractivity contribution is 6.30. The monoisotopic (exact) mass is 415 g/mol. The Morgan fingerprint density at radius 3 is 2.66 bits per heavy atom. The Morgan fingerprint density at radius 1 is 1.21 bits per heavy atom. The lowest BCUT2D eigenvalue weighted by Gasteiger charge is -2.29. The highest BCUT2D eigenvalue weighted by Gasteiger charge is 2.22. The molecule has 0 atom stereocenters. The second-order valence-electron chi connectivity index (χ2n) is 7.69.